The van der Waals surface area contributed by atoms with Crippen LogP contribution in [0.1, 0.15) is 11.5 Å². The number of nitrogens with one attached hydrogen (secondary N) is 1. The number of hydrogen-bond acceptors (Lipinski definition) is 5. The molecule has 0 fully saturated rings. The summed E-state index contributed by atoms with van der Waals surface area (Å²) in [4.78, 5) is 22.6. The molecular formula is C12H11ClN6OS. The lowest BCUT2D eigenvalue weighted by atomic mass is 10.3. The van der Waals surface area contributed by atoms with E-state index in [9.17, 15) is 4.79 Å². The van der Waals surface area contributed by atoms with Crippen LogP contribution in [0, 0.1) is 0 Å². The zero-order valence-electron chi connectivity index (χ0n) is 11.0. The molecular weight excluding hydrogens is 312 g/mol. The van der Waals surface area contributed by atoms with E-state index in [1.165, 1.54) is 28.6 Å². The van der Waals surface area contributed by atoms with Gasteiger partial charge in [-0.05, 0) is 6.08 Å². The highest BCUT2D eigenvalue weighted by atomic mass is 35.5. The van der Waals surface area contributed by atoms with Gasteiger partial charge in [-0.1, -0.05) is 11.6 Å². The SMILES string of the molecule is CN(Cc1ncn[nH]1)C(=O)C=Cc1c(Cl)nc2sccn12. The summed E-state index contributed by atoms with van der Waals surface area (Å²) in [5.41, 5.74) is 0.689. The average molecular weight is 323 g/mol. The lowest BCUT2D eigenvalue weighted by molar-refractivity contribution is -0.125. The van der Waals surface area contributed by atoms with Gasteiger partial charge in [0.05, 0.1) is 12.2 Å². The highest BCUT2D eigenvalue weighted by molar-refractivity contribution is 7.15. The fourth-order valence-corrected chi connectivity index (χ4v) is 2.82. The first-order chi connectivity index (χ1) is 10.1. The molecule has 0 radical (unpaired) electrons. The third-order valence-electron chi connectivity index (χ3n) is 2.87. The Morgan fingerprint density at radius 3 is 3.24 bits per heavy atom. The molecule has 3 rings (SSSR count). The number of hydrogen-bond donors (Lipinski definition) is 1. The molecule has 0 saturated carbocycles. The number of rotatable bonds is 4. The molecule has 3 aromatic rings. The van der Waals surface area contributed by atoms with Crippen molar-refractivity contribution in [1.29, 1.82) is 0 Å². The molecule has 0 saturated heterocycles. The Morgan fingerprint density at radius 2 is 2.48 bits per heavy atom. The zero-order valence-corrected chi connectivity index (χ0v) is 12.6. The quantitative estimate of drug-likeness (QED) is 0.743. The second-order valence-electron chi connectivity index (χ2n) is 4.30. The van der Waals surface area contributed by atoms with Gasteiger partial charge in [-0.15, -0.1) is 11.3 Å². The molecule has 7 nitrogen and oxygen atoms in total. The van der Waals surface area contributed by atoms with Crippen LogP contribution in [0.2, 0.25) is 5.15 Å². The summed E-state index contributed by atoms with van der Waals surface area (Å²) in [6.45, 7) is 0.358. The molecule has 108 valence electrons. The minimum Gasteiger partial charge on any atom is -0.335 e. The molecule has 0 aliphatic heterocycles. The summed E-state index contributed by atoms with van der Waals surface area (Å²) in [6.07, 6.45) is 6.39. The van der Waals surface area contributed by atoms with E-state index in [2.05, 4.69) is 20.2 Å². The molecule has 3 heterocycles. The third kappa shape index (κ3) is 2.81. The van der Waals surface area contributed by atoms with Crippen molar-refractivity contribution >= 4 is 39.9 Å². The van der Waals surface area contributed by atoms with Crippen molar-refractivity contribution in [2.75, 3.05) is 7.05 Å². The van der Waals surface area contributed by atoms with Crippen LogP contribution in [0.3, 0.4) is 0 Å². The molecule has 0 aromatic carbocycles. The van der Waals surface area contributed by atoms with E-state index in [4.69, 9.17) is 11.6 Å². The number of aromatic amines is 1. The molecule has 0 aliphatic rings. The van der Waals surface area contributed by atoms with Gasteiger partial charge >= 0.3 is 0 Å². The second-order valence-corrected chi connectivity index (χ2v) is 5.53. The van der Waals surface area contributed by atoms with Gasteiger partial charge in [0.25, 0.3) is 0 Å². The van der Waals surface area contributed by atoms with Crippen molar-refractivity contribution in [3.05, 3.63) is 40.7 Å². The van der Waals surface area contributed by atoms with Crippen molar-refractivity contribution in [3.63, 3.8) is 0 Å². The zero-order chi connectivity index (χ0) is 14.8. The van der Waals surface area contributed by atoms with Crippen LogP contribution in [0.5, 0.6) is 0 Å². The highest BCUT2D eigenvalue weighted by Gasteiger charge is 2.11. The number of amides is 1. The first-order valence-electron chi connectivity index (χ1n) is 6.03. The molecule has 9 heteroatoms. The number of imidazole rings is 1. The molecule has 0 bridgehead atoms. The summed E-state index contributed by atoms with van der Waals surface area (Å²) in [7, 11) is 1.69. The second kappa shape index (κ2) is 5.66. The van der Waals surface area contributed by atoms with E-state index < -0.39 is 0 Å². The Kier molecular flexibility index (Phi) is 3.72. The molecule has 0 spiro atoms. The van der Waals surface area contributed by atoms with Crippen LogP contribution in [0.4, 0.5) is 0 Å². The maximum atomic E-state index is 12.1. The average Bonchev–Trinajstić information content (AvgIpc) is 3.14. The molecule has 21 heavy (non-hydrogen) atoms. The Balaban J connectivity index is 1.74. The number of H-pyrrole nitrogens is 1. The van der Waals surface area contributed by atoms with Gasteiger partial charge in [-0.25, -0.2) is 9.97 Å². The van der Waals surface area contributed by atoms with Crippen LogP contribution < -0.4 is 0 Å². The molecule has 3 aromatic heterocycles. The maximum Gasteiger partial charge on any atom is 0.246 e. The third-order valence-corrected chi connectivity index (χ3v) is 3.90. The summed E-state index contributed by atoms with van der Waals surface area (Å²) in [6, 6.07) is 0. The van der Waals surface area contributed by atoms with Gasteiger partial charge < -0.3 is 4.90 Å². The lowest BCUT2D eigenvalue weighted by Crippen LogP contribution is -2.24. The largest absolute Gasteiger partial charge is 0.335 e. The fraction of sp³-hybridized carbons (Fsp3) is 0.167. The Bertz CT molecular complexity index is 790. The van der Waals surface area contributed by atoms with Crippen LogP contribution in [0.25, 0.3) is 11.0 Å². The van der Waals surface area contributed by atoms with Gasteiger partial charge in [-0.2, -0.15) is 5.10 Å². The molecule has 1 amide bonds. The summed E-state index contributed by atoms with van der Waals surface area (Å²) in [5, 5.41) is 8.74. The molecule has 1 N–H and O–H groups in total. The van der Waals surface area contributed by atoms with E-state index in [-0.39, 0.29) is 5.91 Å². The lowest BCUT2D eigenvalue weighted by Gasteiger charge is -2.12. The van der Waals surface area contributed by atoms with Gasteiger partial charge in [0.1, 0.15) is 12.2 Å². The Hall–Kier alpha value is -2.19. The highest BCUT2D eigenvalue weighted by Crippen LogP contribution is 2.22. The number of halogens is 1. The first kappa shape index (κ1) is 13.8. The minimum atomic E-state index is -0.160. The van der Waals surface area contributed by atoms with Crippen molar-refractivity contribution < 1.29 is 4.79 Å². The Labute approximate surface area is 128 Å². The number of carbonyl (C=O) groups is 1. The van der Waals surface area contributed by atoms with E-state index in [1.54, 1.807) is 13.1 Å². The van der Waals surface area contributed by atoms with Gasteiger partial charge in [0.2, 0.25) is 5.91 Å². The predicted molar refractivity (Wildman–Crippen MR) is 80.0 cm³/mol. The van der Waals surface area contributed by atoms with Crippen molar-refractivity contribution in [2.45, 2.75) is 6.54 Å². The normalized spacial score (nSPS) is 11.5. The first-order valence-corrected chi connectivity index (χ1v) is 7.29. The molecule has 0 aliphatic carbocycles. The minimum absolute atomic E-state index is 0.160. The summed E-state index contributed by atoms with van der Waals surface area (Å²) in [5.74, 6) is 0.467. The van der Waals surface area contributed by atoms with Gasteiger partial charge in [-0.3, -0.25) is 14.3 Å². The number of fused-ring (bicyclic) bond motifs is 1. The Morgan fingerprint density at radius 1 is 1.62 bits per heavy atom. The summed E-state index contributed by atoms with van der Waals surface area (Å²) < 4.78 is 1.84. The van der Waals surface area contributed by atoms with Gasteiger partial charge in [0, 0.05) is 24.7 Å². The van der Waals surface area contributed by atoms with E-state index in [0.29, 0.717) is 23.2 Å². The van der Waals surface area contributed by atoms with Crippen molar-refractivity contribution in [1.82, 2.24) is 29.5 Å². The number of likely N-dealkylation sites (N-methyl/N-ethyl adjacent to an activating group) is 1. The number of thiazole rings is 1. The van der Waals surface area contributed by atoms with E-state index in [0.717, 1.165) is 4.96 Å². The number of carbonyl (C=O) groups excluding carboxylic acids is 1. The summed E-state index contributed by atoms with van der Waals surface area (Å²) >= 11 is 7.55. The van der Waals surface area contributed by atoms with E-state index >= 15 is 0 Å². The van der Waals surface area contributed by atoms with E-state index in [1.807, 2.05) is 16.0 Å². The van der Waals surface area contributed by atoms with Crippen LogP contribution >= 0.6 is 22.9 Å². The van der Waals surface area contributed by atoms with Crippen LogP contribution in [-0.2, 0) is 11.3 Å². The fourth-order valence-electron chi connectivity index (χ4n) is 1.81. The maximum absolute atomic E-state index is 12.1. The van der Waals surface area contributed by atoms with Crippen molar-refractivity contribution in [3.8, 4) is 0 Å². The van der Waals surface area contributed by atoms with Crippen LogP contribution in [0.15, 0.2) is 24.0 Å². The number of nitrogens with zero attached hydrogens (tertiary/aromatic N) is 5. The topological polar surface area (TPSA) is 79.2 Å². The molecule has 0 atom stereocenters. The van der Waals surface area contributed by atoms with Gasteiger partial charge in [0.15, 0.2) is 10.1 Å². The molecule has 0 unspecified atom stereocenters. The number of aromatic nitrogens is 5. The predicted octanol–water partition coefficient (Wildman–Crippen LogP) is 1.84. The standard InChI is InChI=1S/C12H11ClN6OS/c1-18(6-9-14-7-15-17-9)10(20)3-2-8-11(13)16-12-19(8)4-5-21-12/h2-5,7H,6H2,1H3,(H,14,15,17). The smallest absolute Gasteiger partial charge is 0.246 e. The van der Waals surface area contributed by atoms with Crippen LogP contribution in [-0.4, -0.2) is 42.4 Å². The monoisotopic (exact) mass is 322 g/mol. The van der Waals surface area contributed by atoms with Crippen molar-refractivity contribution in [2.24, 2.45) is 0 Å².